The number of methoxy groups -OCH3 is 1. The Bertz CT molecular complexity index is 1830. The van der Waals surface area contributed by atoms with E-state index in [9.17, 15) is 22.8 Å². The Morgan fingerprint density at radius 1 is 0.902 bits per heavy atom. The summed E-state index contributed by atoms with van der Waals surface area (Å²) in [5, 5.41) is 1.31. The third-order valence-corrected chi connectivity index (χ3v) is 6.88. The quantitative estimate of drug-likeness (QED) is 0.179. The molecule has 5 aromatic rings. The highest BCUT2D eigenvalue weighted by Gasteiger charge is 2.30. The monoisotopic (exact) mass is 564 g/mol. The molecule has 212 valence electrons. The maximum Gasteiger partial charge on any atom is 0.416 e. The van der Waals surface area contributed by atoms with E-state index in [0.29, 0.717) is 62.5 Å². The van der Waals surface area contributed by atoms with Gasteiger partial charge in [0.25, 0.3) is 0 Å². The first kappa shape index (κ1) is 28.0. The number of alkyl halides is 3. The normalized spacial score (nSPS) is 11.9. The molecule has 0 aliphatic rings. The van der Waals surface area contributed by atoms with Crippen LogP contribution in [-0.4, -0.2) is 7.11 Å². The van der Waals surface area contributed by atoms with Crippen molar-refractivity contribution < 1.29 is 31.5 Å². The molecule has 0 N–H and O–H groups in total. The summed E-state index contributed by atoms with van der Waals surface area (Å²) in [6.07, 6.45) is -3.13. The minimum atomic E-state index is -4.47. The molecule has 0 aliphatic heterocycles. The van der Waals surface area contributed by atoms with E-state index < -0.39 is 23.0 Å². The van der Waals surface area contributed by atoms with Crippen LogP contribution in [0.4, 0.5) is 13.2 Å². The van der Waals surface area contributed by atoms with Crippen LogP contribution < -0.4 is 20.7 Å². The molecule has 0 bridgehead atoms. The molecule has 41 heavy (non-hydrogen) atoms. The lowest BCUT2D eigenvalue weighted by Gasteiger charge is -2.15. The van der Waals surface area contributed by atoms with Gasteiger partial charge in [-0.2, -0.15) is 13.2 Å². The number of benzene rings is 3. The summed E-state index contributed by atoms with van der Waals surface area (Å²) in [7, 11) is 1.52. The fourth-order valence-electron chi connectivity index (χ4n) is 4.68. The largest absolute Gasteiger partial charge is 0.497 e. The average molecular weight is 565 g/mol. The number of hydrogen-bond acceptors (Lipinski definition) is 6. The Morgan fingerprint density at radius 2 is 1.66 bits per heavy atom. The molecule has 0 radical (unpaired) electrons. The highest BCUT2D eigenvalue weighted by atomic mass is 19.4. The Balaban J connectivity index is 1.53. The minimum Gasteiger partial charge on any atom is -0.497 e. The van der Waals surface area contributed by atoms with E-state index in [-0.39, 0.29) is 12.2 Å². The zero-order chi connectivity index (χ0) is 29.3. The van der Waals surface area contributed by atoms with Crippen LogP contribution in [0, 0.1) is 5.92 Å². The van der Waals surface area contributed by atoms with Crippen molar-refractivity contribution in [1.82, 2.24) is 0 Å². The van der Waals surface area contributed by atoms with Gasteiger partial charge in [0.15, 0.2) is 0 Å². The molecule has 0 amide bonds. The fraction of sp³-hybridized carbons (Fsp3) is 0.250. The van der Waals surface area contributed by atoms with Crippen molar-refractivity contribution in [3.63, 3.8) is 0 Å². The number of halogens is 3. The second-order valence-corrected chi connectivity index (χ2v) is 10.2. The summed E-state index contributed by atoms with van der Waals surface area (Å²) in [5.74, 6) is 1.40. The third-order valence-electron chi connectivity index (χ3n) is 6.88. The summed E-state index contributed by atoms with van der Waals surface area (Å²) in [6, 6.07) is 16.1. The van der Waals surface area contributed by atoms with Crippen LogP contribution in [0.2, 0.25) is 0 Å². The highest BCUT2D eigenvalue weighted by Crippen LogP contribution is 2.34. The van der Waals surface area contributed by atoms with Crippen molar-refractivity contribution in [2.45, 2.75) is 39.5 Å². The molecule has 0 saturated heterocycles. The van der Waals surface area contributed by atoms with Crippen LogP contribution in [0.1, 0.15) is 37.0 Å². The van der Waals surface area contributed by atoms with Crippen LogP contribution >= 0.6 is 0 Å². The van der Waals surface area contributed by atoms with E-state index in [1.807, 2.05) is 0 Å². The summed E-state index contributed by atoms with van der Waals surface area (Å²) >= 11 is 0. The van der Waals surface area contributed by atoms with Crippen molar-refractivity contribution in [3.8, 4) is 22.6 Å². The molecule has 3 aromatic carbocycles. The van der Waals surface area contributed by atoms with E-state index in [1.165, 1.54) is 25.3 Å². The summed E-state index contributed by atoms with van der Waals surface area (Å²) in [6.45, 7) is 4.21. The number of hydrogen-bond donors (Lipinski definition) is 0. The summed E-state index contributed by atoms with van der Waals surface area (Å²) < 4.78 is 61.5. The first-order valence-electron chi connectivity index (χ1n) is 13.0. The zero-order valence-corrected chi connectivity index (χ0v) is 22.6. The van der Waals surface area contributed by atoms with E-state index >= 15 is 0 Å². The molecular weight excluding hydrogens is 537 g/mol. The fourth-order valence-corrected chi connectivity index (χ4v) is 4.68. The van der Waals surface area contributed by atoms with Crippen LogP contribution in [0.25, 0.3) is 33.1 Å². The number of rotatable bonds is 8. The molecule has 2 aromatic heterocycles. The van der Waals surface area contributed by atoms with Crippen molar-refractivity contribution in [2.75, 3.05) is 7.11 Å². The lowest BCUT2D eigenvalue weighted by atomic mass is 9.98. The smallest absolute Gasteiger partial charge is 0.416 e. The molecule has 2 heterocycles. The van der Waals surface area contributed by atoms with Gasteiger partial charge in [-0.25, -0.2) is 9.59 Å². The Kier molecular flexibility index (Phi) is 7.62. The van der Waals surface area contributed by atoms with Gasteiger partial charge < -0.3 is 18.3 Å². The predicted molar refractivity (Wildman–Crippen MR) is 149 cm³/mol. The SMILES string of the molecule is COc1ccc2c(COc3ccc4cc(-c5ccc(C(F)(F)F)cc5)c(=O)oc4c3CCC(C)C)cc(=O)oc2c1. The summed E-state index contributed by atoms with van der Waals surface area (Å²) in [5.41, 5.74) is 0.533. The van der Waals surface area contributed by atoms with Crippen molar-refractivity contribution in [1.29, 1.82) is 0 Å². The molecule has 0 aliphatic carbocycles. The predicted octanol–water partition coefficient (Wildman–Crippen LogP) is 7.76. The Hall–Kier alpha value is -4.53. The topological polar surface area (TPSA) is 78.9 Å². The molecule has 0 spiro atoms. The second kappa shape index (κ2) is 11.2. The first-order valence-corrected chi connectivity index (χ1v) is 13.0. The van der Waals surface area contributed by atoms with E-state index in [0.717, 1.165) is 18.6 Å². The van der Waals surface area contributed by atoms with E-state index in [4.69, 9.17) is 18.3 Å². The molecular formula is C32H27F3O6. The zero-order valence-electron chi connectivity index (χ0n) is 22.6. The molecule has 0 atom stereocenters. The maximum atomic E-state index is 13.0. The third kappa shape index (κ3) is 5.99. The lowest BCUT2D eigenvalue weighted by Crippen LogP contribution is -2.08. The van der Waals surface area contributed by atoms with Gasteiger partial charge in [-0.15, -0.1) is 0 Å². The van der Waals surface area contributed by atoms with Gasteiger partial charge in [-0.05, 0) is 66.8 Å². The van der Waals surface area contributed by atoms with E-state index in [1.54, 1.807) is 36.4 Å². The molecule has 6 nitrogen and oxygen atoms in total. The average Bonchev–Trinajstić information content (AvgIpc) is 2.93. The van der Waals surface area contributed by atoms with Crippen molar-refractivity contribution >= 4 is 21.9 Å². The first-order chi connectivity index (χ1) is 19.5. The van der Waals surface area contributed by atoms with Crippen molar-refractivity contribution in [2.24, 2.45) is 5.92 Å². The van der Waals surface area contributed by atoms with Crippen LogP contribution in [0.3, 0.4) is 0 Å². The van der Waals surface area contributed by atoms with Gasteiger partial charge >= 0.3 is 17.4 Å². The van der Waals surface area contributed by atoms with Gasteiger partial charge in [-0.3, -0.25) is 0 Å². The van der Waals surface area contributed by atoms with Gasteiger partial charge in [0, 0.05) is 34.0 Å². The summed E-state index contributed by atoms with van der Waals surface area (Å²) in [4.78, 5) is 25.3. The van der Waals surface area contributed by atoms with Gasteiger partial charge in [-0.1, -0.05) is 26.0 Å². The lowest BCUT2D eigenvalue weighted by molar-refractivity contribution is -0.137. The number of fused-ring (bicyclic) bond motifs is 2. The van der Waals surface area contributed by atoms with Crippen molar-refractivity contribution in [3.05, 3.63) is 104 Å². The second-order valence-electron chi connectivity index (χ2n) is 10.2. The molecule has 0 saturated carbocycles. The van der Waals surface area contributed by atoms with Gasteiger partial charge in [0.2, 0.25) is 0 Å². The molecule has 5 rings (SSSR count). The van der Waals surface area contributed by atoms with Crippen LogP contribution in [0.15, 0.2) is 85.2 Å². The number of ether oxygens (including phenoxy) is 2. The minimum absolute atomic E-state index is 0.0580. The van der Waals surface area contributed by atoms with Gasteiger partial charge in [0.1, 0.15) is 29.3 Å². The molecule has 9 heteroatoms. The van der Waals surface area contributed by atoms with Crippen LogP contribution in [-0.2, 0) is 19.2 Å². The Labute approximate surface area is 232 Å². The number of aryl methyl sites for hydroxylation is 1. The standard InChI is InChI=1S/C32H27F3O6/c1-18(2)4-11-25-27(39-17-21-15-29(36)40-28-16-23(38-3)10-12-24(21)28)13-7-20-14-26(31(37)41-30(20)25)19-5-8-22(9-6-19)32(33,34)35/h5-10,12-16,18H,4,11,17H2,1-3H3. The van der Waals surface area contributed by atoms with Gasteiger partial charge in [0.05, 0.1) is 18.2 Å². The maximum absolute atomic E-state index is 13.0. The van der Waals surface area contributed by atoms with Crippen LogP contribution in [0.5, 0.6) is 11.5 Å². The molecule has 0 fully saturated rings. The Morgan fingerprint density at radius 3 is 2.34 bits per heavy atom. The molecule has 0 unspecified atom stereocenters. The van der Waals surface area contributed by atoms with E-state index in [2.05, 4.69) is 13.8 Å². The highest BCUT2D eigenvalue weighted by molar-refractivity contribution is 5.86.